The number of hydrogen-bond acceptors (Lipinski definition) is 3. The number of hydrogen-bond donors (Lipinski definition) is 0. The van der Waals surface area contributed by atoms with Crippen LogP contribution >= 0.6 is 0 Å². The number of benzene rings is 9. The van der Waals surface area contributed by atoms with Crippen LogP contribution in [0.3, 0.4) is 0 Å². The first-order valence-electron chi connectivity index (χ1n) is 18.6. The van der Waals surface area contributed by atoms with Crippen LogP contribution in [0.1, 0.15) is 0 Å². The fourth-order valence-corrected chi connectivity index (χ4v) is 8.14. The lowest BCUT2D eigenvalue weighted by molar-refractivity contribution is 0.670. The third-order valence-corrected chi connectivity index (χ3v) is 10.9. The van der Waals surface area contributed by atoms with Gasteiger partial charge in [-0.2, -0.15) is 0 Å². The molecule has 3 heteroatoms. The second-order valence-electron chi connectivity index (χ2n) is 14.1. The summed E-state index contributed by atoms with van der Waals surface area (Å²) in [5.74, 6) is 0. The van der Waals surface area contributed by atoms with E-state index in [1.165, 1.54) is 27.5 Å². The van der Waals surface area contributed by atoms with Crippen molar-refractivity contribution in [3.63, 3.8) is 0 Å². The van der Waals surface area contributed by atoms with Crippen molar-refractivity contribution in [3.8, 4) is 55.8 Å². The van der Waals surface area contributed by atoms with Crippen molar-refractivity contribution in [2.45, 2.75) is 0 Å². The summed E-state index contributed by atoms with van der Waals surface area (Å²) in [6.07, 6.45) is 1.90. The van der Waals surface area contributed by atoms with Crippen molar-refractivity contribution < 1.29 is 4.42 Å². The molecule has 11 aromatic rings. The van der Waals surface area contributed by atoms with E-state index in [9.17, 15) is 0 Å². The molecule has 0 unspecified atom stereocenters. The average molecular weight is 701 g/mol. The van der Waals surface area contributed by atoms with Gasteiger partial charge >= 0.3 is 0 Å². The highest BCUT2D eigenvalue weighted by atomic mass is 16.3. The summed E-state index contributed by atoms with van der Waals surface area (Å²) in [5, 5.41) is 6.87. The largest absolute Gasteiger partial charge is 0.455 e. The van der Waals surface area contributed by atoms with Gasteiger partial charge in [-0.15, -0.1) is 0 Å². The summed E-state index contributed by atoms with van der Waals surface area (Å²) in [4.78, 5) is 10.2. The quantitative estimate of drug-likeness (QED) is 0.168. The molecular weight excluding hydrogens is 669 g/mol. The van der Waals surface area contributed by atoms with Gasteiger partial charge in [0.05, 0.1) is 22.9 Å². The van der Waals surface area contributed by atoms with Crippen LogP contribution in [0, 0.1) is 0 Å². The van der Waals surface area contributed by atoms with Crippen molar-refractivity contribution in [1.82, 2.24) is 9.97 Å². The minimum absolute atomic E-state index is 0.860. The van der Waals surface area contributed by atoms with E-state index in [1.54, 1.807) is 0 Å². The predicted octanol–water partition coefficient (Wildman–Crippen LogP) is 14.2. The molecule has 0 N–H and O–H groups in total. The highest BCUT2D eigenvalue weighted by molar-refractivity contribution is 6.23. The van der Waals surface area contributed by atoms with E-state index in [2.05, 4.69) is 188 Å². The Kier molecular flexibility index (Phi) is 7.17. The van der Waals surface area contributed by atoms with Crippen molar-refractivity contribution in [2.24, 2.45) is 0 Å². The van der Waals surface area contributed by atoms with E-state index in [4.69, 9.17) is 14.4 Å². The number of fused-ring (bicyclic) bond motifs is 9. The molecule has 55 heavy (non-hydrogen) atoms. The smallest absolute Gasteiger partial charge is 0.143 e. The van der Waals surface area contributed by atoms with Gasteiger partial charge in [0, 0.05) is 32.7 Å². The molecule has 0 aliphatic heterocycles. The molecule has 11 rings (SSSR count). The molecule has 2 aromatic heterocycles. The SMILES string of the molecule is c1ccc(-c2ccc3oc4c(-c5ccc(-c6ccc(-c7cnc8c9ccccc9c9ccccc9c8n7)cc6)cc5)cc(-c5ccccc5)cc4c3c2)cc1. The van der Waals surface area contributed by atoms with E-state index < -0.39 is 0 Å². The minimum atomic E-state index is 0.860. The summed E-state index contributed by atoms with van der Waals surface area (Å²) < 4.78 is 6.65. The molecule has 0 amide bonds. The van der Waals surface area contributed by atoms with E-state index in [0.29, 0.717) is 0 Å². The Morgan fingerprint density at radius 3 is 1.47 bits per heavy atom. The number of furan rings is 1. The van der Waals surface area contributed by atoms with Gasteiger partial charge in [-0.3, -0.25) is 4.98 Å². The molecule has 0 radical (unpaired) electrons. The van der Waals surface area contributed by atoms with E-state index in [-0.39, 0.29) is 0 Å². The van der Waals surface area contributed by atoms with Crippen LogP contribution < -0.4 is 0 Å². The fraction of sp³-hybridized carbons (Fsp3) is 0. The van der Waals surface area contributed by atoms with Gasteiger partial charge in [-0.25, -0.2) is 4.98 Å². The monoisotopic (exact) mass is 700 g/mol. The molecule has 9 aromatic carbocycles. The van der Waals surface area contributed by atoms with Gasteiger partial charge in [0.25, 0.3) is 0 Å². The van der Waals surface area contributed by atoms with Crippen LogP contribution in [0.15, 0.2) is 199 Å². The number of rotatable bonds is 5. The molecule has 0 bridgehead atoms. The van der Waals surface area contributed by atoms with Crippen molar-refractivity contribution in [1.29, 1.82) is 0 Å². The lowest BCUT2D eigenvalue weighted by atomic mass is 9.94. The molecule has 0 saturated heterocycles. The molecule has 256 valence electrons. The third kappa shape index (κ3) is 5.28. The third-order valence-electron chi connectivity index (χ3n) is 10.9. The predicted molar refractivity (Wildman–Crippen MR) is 229 cm³/mol. The van der Waals surface area contributed by atoms with Crippen molar-refractivity contribution >= 4 is 54.5 Å². The molecule has 0 atom stereocenters. The summed E-state index contributed by atoms with van der Waals surface area (Å²) >= 11 is 0. The Hall–Kier alpha value is -7.36. The number of nitrogens with zero attached hydrogens (tertiary/aromatic N) is 2. The average Bonchev–Trinajstić information content (AvgIpc) is 3.65. The van der Waals surface area contributed by atoms with Gasteiger partial charge in [0.1, 0.15) is 11.2 Å². The number of aromatic nitrogens is 2. The van der Waals surface area contributed by atoms with Gasteiger partial charge in [0.15, 0.2) is 0 Å². The molecule has 3 nitrogen and oxygen atoms in total. The first-order valence-corrected chi connectivity index (χ1v) is 18.6. The Morgan fingerprint density at radius 1 is 0.327 bits per heavy atom. The first kappa shape index (κ1) is 31.2. The Morgan fingerprint density at radius 2 is 0.818 bits per heavy atom. The Labute approximate surface area is 317 Å². The molecule has 0 spiro atoms. The molecule has 0 aliphatic rings. The lowest BCUT2D eigenvalue weighted by Crippen LogP contribution is -1.92. The normalized spacial score (nSPS) is 11.6. The highest BCUT2D eigenvalue weighted by Gasteiger charge is 2.17. The molecular formula is C52H32N2O. The molecule has 0 fully saturated rings. The summed E-state index contributed by atoms with van der Waals surface area (Å²) in [7, 11) is 0. The summed E-state index contributed by atoms with van der Waals surface area (Å²) in [5.41, 5.74) is 14.7. The second kappa shape index (κ2) is 12.6. The van der Waals surface area contributed by atoms with Crippen molar-refractivity contribution in [2.75, 3.05) is 0 Å². The van der Waals surface area contributed by atoms with Crippen LogP contribution in [-0.2, 0) is 0 Å². The fourth-order valence-electron chi connectivity index (χ4n) is 8.14. The zero-order valence-electron chi connectivity index (χ0n) is 29.8. The standard InChI is InChI=1S/C52H32N2O/c1-3-11-33(12-4-1)39-27-28-49-46(29-39)47-31-40(34-13-5-2-6-14-34)30-45(52(47)55-49)37-23-19-35(20-24-37)36-21-25-38(26-22-36)48-32-53-50-43-17-9-7-15-41(43)42-16-8-10-18-44(42)51(50)54-48/h1-32H. The molecule has 0 saturated carbocycles. The molecule has 0 aliphatic carbocycles. The molecule has 2 heterocycles. The van der Waals surface area contributed by atoms with Crippen LogP contribution in [0.2, 0.25) is 0 Å². The van der Waals surface area contributed by atoms with Gasteiger partial charge in [0.2, 0.25) is 0 Å². The topological polar surface area (TPSA) is 38.9 Å². The van der Waals surface area contributed by atoms with Gasteiger partial charge in [-0.05, 0) is 74.0 Å². The van der Waals surface area contributed by atoms with Crippen molar-refractivity contribution in [3.05, 3.63) is 194 Å². The maximum atomic E-state index is 6.65. The highest BCUT2D eigenvalue weighted by Crippen LogP contribution is 2.41. The van der Waals surface area contributed by atoms with E-state index >= 15 is 0 Å². The first-order chi connectivity index (χ1) is 27.2. The van der Waals surface area contributed by atoms with Crippen LogP contribution in [-0.4, -0.2) is 9.97 Å². The van der Waals surface area contributed by atoms with Crippen LogP contribution in [0.5, 0.6) is 0 Å². The van der Waals surface area contributed by atoms with Crippen LogP contribution in [0.25, 0.3) is 110 Å². The van der Waals surface area contributed by atoms with Crippen LogP contribution in [0.4, 0.5) is 0 Å². The Balaban J connectivity index is 0.965. The van der Waals surface area contributed by atoms with E-state index in [0.717, 1.165) is 82.8 Å². The zero-order valence-corrected chi connectivity index (χ0v) is 29.8. The van der Waals surface area contributed by atoms with Gasteiger partial charge < -0.3 is 4.42 Å². The van der Waals surface area contributed by atoms with E-state index in [1.807, 2.05) is 6.20 Å². The minimum Gasteiger partial charge on any atom is -0.455 e. The zero-order chi connectivity index (χ0) is 36.3. The lowest BCUT2D eigenvalue weighted by Gasteiger charge is -2.11. The summed E-state index contributed by atoms with van der Waals surface area (Å²) in [6, 6.07) is 66.6. The van der Waals surface area contributed by atoms with Gasteiger partial charge in [-0.1, -0.05) is 164 Å². The Bertz CT molecular complexity index is 3190. The summed E-state index contributed by atoms with van der Waals surface area (Å²) in [6.45, 7) is 0. The second-order valence-corrected chi connectivity index (χ2v) is 14.1. The maximum Gasteiger partial charge on any atom is 0.143 e. The maximum absolute atomic E-state index is 6.65.